The van der Waals surface area contributed by atoms with E-state index in [0.29, 0.717) is 100 Å². The number of amides is 2. The van der Waals surface area contributed by atoms with Crippen LogP contribution in [0, 0.1) is 0 Å². The van der Waals surface area contributed by atoms with E-state index in [0.717, 1.165) is 0 Å². The Balaban J connectivity index is 0.00000137. The predicted molar refractivity (Wildman–Crippen MR) is 209 cm³/mol. The first-order valence-corrected chi connectivity index (χ1v) is 22.8. The van der Waals surface area contributed by atoms with Gasteiger partial charge in [0.1, 0.15) is 11.4 Å². The maximum Gasteiger partial charge on any atom is 0.500 e. The summed E-state index contributed by atoms with van der Waals surface area (Å²) in [5.74, 6) is -0.628. The van der Waals surface area contributed by atoms with Crippen molar-refractivity contribution in [3.8, 4) is 11.4 Å². The molecule has 0 bridgehead atoms. The van der Waals surface area contributed by atoms with Crippen molar-refractivity contribution in [3.63, 3.8) is 0 Å². The SMILES string of the molecule is C1=C\CC/C=C\CC/1.CCO[Si](CCCNC(=O)c1cccnc1-c1ncccc1C(=O)NCCC[Si](OCC)(OCC)OCC)(OCC)OCC.[Rh]. The van der Waals surface area contributed by atoms with Crippen molar-refractivity contribution in [2.75, 3.05) is 52.7 Å². The van der Waals surface area contributed by atoms with Gasteiger partial charge in [-0.2, -0.15) is 0 Å². The zero-order valence-corrected chi connectivity index (χ0v) is 36.2. The Morgan fingerprint density at radius 3 is 1.15 bits per heavy atom. The third-order valence-electron chi connectivity index (χ3n) is 7.74. The molecule has 0 fully saturated rings. The van der Waals surface area contributed by atoms with E-state index in [2.05, 4.69) is 44.9 Å². The summed E-state index contributed by atoms with van der Waals surface area (Å²) < 4.78 is 35.4. The van der Waals surface area contributed by atoms with Crippen LogP contribution < -0.4 is 10.6 Å². The molecule has 1 aliphatic carbocycles. The third kappa shape index (κ3) is 17.7. The van der Waals surface area contributed by atoms with Crippen LogP contribution in [0.1, 0.15) is 101 Å². The summed E-state index contributed by atoms with van der Waals surface area (Å²) in [4.78, 5) is 35.5. The van der Waals surface area contributed by atoms with E-state index in [1.54, 1.807) is 36.7 Å². The average Bonchev–Trinajstić information content (AvgIpc) is 3.12. The summed E-state index contributed by atoms with van der Waals surface area (Å²) in [5, 5.41) is 5.92. The minimum absolute atomic E-state index is 0. The van der Waals surface area contributed by atoms with Crippen LogP contribution in [-0.2, 0) is 46.0 Å². The van der Waals surface area contributed by atoms with Gasteiger partial charge in [-0.15, -0.1) is 0 Å². The molecule has 2 aromatic rings. The molecule has 0 aliphatic heterocycles. The molecule has 1 aliphatic rings. The van der Waals surface area contributed by atoms with Crippen LogP contribution in [0.3, 0.4) is 0 Å². The standard InChI is InChI=1S/C30H50N4O8Si2.C8H12.Rh/c1-7-37-43(38-8-2,39-9-3)23-15-21-33-29(35)25-17-13-19-31-27(25)28-26(18-14-20-32-28)30(36)34-22-16-24-44(40-10-4,41-11-5)42-12-6;1-2-4-6-8-7-5-3-1;/h13-14,17-20H,7-12,15-16,21-24H2,1-6H3,(H,33,35)(H,34,36);1-2,7-8H,3-6H2;/b;2-1-,8-7-;. The van der Waals surface area contributed by atoms with Gasteiger partial charge in [0, 0.05) is 96.7 Å². The quantitative estimate of drug-likeness (QED) is 0.0673. The summed E-state index contributed by atoms with van der Waals surface area (Å²) in [5.41, 5.74) is 1.30. The minimum Gasteiger partial charge on any atom is -0.374 e. The number of carbonyl (C=O) groups excluding carboxylic acids is 2. The molecule has 2 heterocycles. The summed E-state index contributed by atoms with van der Waals surface area (Å²) in [7, 11) is -5.61. The number of nitrogens with zero attached hydrogens (tertiary/aromatic N) is 2. The fraction of sp³-hybridized carbons (Fsp3) is 0.579. The van der Waals surface area contributed by atoms with E-state index in [4.69, 9.17) is 26.6 Å². The van der Waals surface area contributed by atoms with Gasteiger partial charge >= 0.3 is 17.6 Å². The van der Waals surface area contributed by atoms with Gasteiger partial charge in [-0.1, -0.05) is 24.3 Å². The number of allylic oxidation sites excluding steroid dienone is 4. The fourth-order valence-electron chi connectivity index (χ4n) is 5.62. The van der Waals surface area contributed by atoms with Crippen molar-refractivity contribution in [2.24, 2.45) is 0 Å². The van der Waals surface area contributed by atoms with E-state index >= 15 is 0 Å². The molecular formula is C38H62N4O8RhSi2. The number of nitrogens with one attached hydrogen (secondary N) is 2. The van der Waals surface area contributed by atoms with Gasteiger partial charge in [0.05, 0.1) is 11.1 Å². The van der Waals surface area contributed by atoms with E-state index in [1.807, 2.05) is 41.5 Å². The number of hydrogen-bond donors (Lipinski definition) is 2. The smallest absolute Gasteiger partial charge is 0.374 e. The van der Waals surface area contributed by atoms with Crippen molar-refractivity contribution in [2.45, 2.75) is 92.2 Å². The summed E-state index contributed by atoms with van der Waals surface area (Å²) in [6.07, 6.45) is 18.4. The molecule has 12 nitrogen and oxygen atoms in total. The number of pyridine rings is 2. The molecule has 0 saturated heterocycles. The van der Waals surface area contributed by atoms with Crippen LogP contribution in [-0.4, -0.2) is 92.1 Å². The van der Waals surface area contributed by atoms with Crippen molar-refractivity contribution in [3.05, 3.63) is 72.1 Å². The van der Waals surface area contributed by atoms with Crippen molar-refractivity contribution < 1.29 is 55.6 Å². The molecule has 0 aromatic carbocycles. The van der Waals surface area contributed by atoms with Crippen molar-refractivity contribution in [1.29, 1.82) is 0 Å². The fourth-order valence-corrected chi connectivity index (χ4v) is 10.8. The average molecular weight is 862 g/mol. The van der Waals surface area contributed by atoms with Crippen LogP contribution in [0.5, 0.6) is 0 Å². The molecule has 53 heavy (non-hydrogen) atoms. The maximum absolute atomic E-state index is 13.3. The first kappa shape index (κ1) is 48.6. The largest absolute Gasteiger partial charge is 0.500 e. The molecule has 0 spiro atoms. The molecule has 15 heteroatoms. The number of hydrogen-bond acceptors (Lipinski definition) is 10. The van der Waals surface area contributed by atoms with Gasteiger partial charge in [-0.3, -0.25) is 19.6 Å². The van der Waals surface area contributed by atoms with Crippen LogP contribution in [0.25, 0.3) is 11.4 Å². The summed E-state index contributed by atoms with van der Waals surface area (Å²) in [6.45, 7) is 15.2. The molecule has 0 unspecified atom stereocenters. The van der Waals surface area contributed by atoms with Crippen LogP contribution in [0.2, 0.25) is 12.1 Å². The summed E-state index contributed by atoms with van der Waals surface area (Å²) in [6, 6.07) is 7.88. The van der Waals surface area contributed by atoms with Crippen LogP contribution in [0.4, 0.5) is 0 Å². The van der Waals surface area contributed by atoms with Crippen molar-refractivity contribution >= 4 is 29.4 Å². The molecule has 0 atom stereocenters. The minimum atomic E-state index is -2.80. The molecule has 1 radical (unpaired) electrons. The second-order valence-corrected chi connectivity index (χ2v) is 17.0. The zero-order chi connectivity index (χ0) is 37.9. The second kappa shape index (κ2) is 28.9. The Morgan fingerprint density at radius 1 is 0.566 bits per heavy atom. The summed E-state index contributed by atoms with van der Waals surface area (Å²) >= 11 is 0. The molecule has 299 valence electrons. The maximum atomic E-state index is 13.3. The Bertz CT molecular complexity index is 1220. The van der Waals surface area contributed by atoms with Crippen LogP contribution in [0.15, 0.2) is 61.0 Å². The van der Waals surface area contributed by atoms with Gasteiger partial charge in [0.2, 0.25) is 0 Å². The van der Waals surface area contributed by atoms with Gasteiger partial charge in [-0.05, 0) is 104 Å². The monoisotopic (exact) mass is 861 g/mol. The van der Waals surface area contributed by atoms with E-state index in [1.165, 1.54) is 25.7 Å². The number of carbonyl (C=O) groups is 2. The molecule has 2 N–H and O–H groups in total. The Labute approximate surface area is 332 Å². The van der Waals surface area contributed by atoms with E-state index in [-0.39, 0.29) is 31.3 Å². The molecule has 2 amide bonds. The number of aromatic nitrogens is 2. The zero-order valence-electron chi connectivity index (χ0n) is 32.6. The van der Waals surface area contributed by atoms with Gasteiger partial charge in [-0.25, -0.2) is 0 Å². The Hall–Kier alpha value is -2.46. The van der Waals surface area contributed by atoms with Crippen molar-refractivity contribution in [1.82, 2.24) is 20.6 Å². The molecule has 2 aromatic heterocycles. The van der Waals surface area contributed by atoms with E-state index in [9.17, 15) is 9.59 Å². The molecule has 3 rings (SSSR count). The first-order chi connectivity index (χ1) is 25.3. The Kier molecular flexibility index (Phi) is 26.5. The van der Waals surface area contributed by atoms with E-state index < -0.39 is 17.6 Å². The topological polar surface area (TPSA) is 139 Å². The number of rotatable bonds is 23. The first-order valence-electron chi connectivity index (χ1n) is 18.9. The Morgan fingerprint density at radius 2 is 0.868 bits per heavy atom. The van der Waals surface area contributed by atoms with Gasteiger partial charge in [0.15, 0.2) is 0 Å². The third-order valence-corrected chi connectivity index (χ3v) is 14.0. The van der Waals surface area contributed by atoms with Gasteiger partial charge in [0.25, 0.3) is 11.8 Å². The van der Waals surface area contributed by atoms with Crippen LogP contribution >= 0.6 is 0 Å². The normalized spacial score (nSPS) is 14.1. The second-order valence-electron chi connectivity index (χ2n) is 11.6. The van der Waals surface area contributed by atoms with Gasteiger partial charge < -0.3 is 37.2 Å². The molecule has 0 saturated carbocycles. The molecular weight excluding hydrogens is 800 g/mol. The predicted octanol–water partition coefficient (Wildman–Crippen LogP) is 7.15.